The highest BCUT2D eigenvalue weighted by molar-refractivity contribution is 6.70. The lowest BCUT2D eigenvalue weighted by Gasteiger charge is -2.36. The third kappa shape index (κ3) is 14.5. The molecule has 0 saturated carbocycles. The minimum absolute atomic E-state index is 0.0641. The lowest BCUT2D eigenvalue weighted by Crippen LogP contribution is -2.55. The largest absolute Gasteiger partial charge is 0.464 e. The van der Waals surface area contributed by atoms with E-state index in [0.717, 1.165) is 38.5 Å². The first-order valence-electron chi connectivity index (χ1n) is 13.6. The van der Waals surface area contributed by atoms with Gasteiger partial charge in [0.2, 0.25) is 5.60 Å². The van der Waals surface area contributed by atoms with Gasteiger partial charge in [-0.25, -0.2) is 4.79 Å². The van der Waals surface area contributed by atoms with Crippen molar-refractivity contribution in [3.63, 3.8) is 0 Å². The fraction of sp³-hybridized carbons (Fsp3) is 0.926. The van der Waals surface area contributed by atoms with E-state index in [0.29, 0.717) is 12.8 Å². The van der Waals surface area contributed by atoms with E-state index in [4.69, 9.17) is 9.16 Å². The summed E-state index contributed by atoms with van der Waals surface area (Å²) in [5, 5.41) is 0. The van der Waals surface area contributed by atoms with Crippen LogP contribution < -0.4 is 0 Å². The molecule has 0 aromatic carbocycles. The second kappa shape index (κ2) is 18.7. The maximum Gasteiger partial charge on any atom is 0.345 e. The molecule has 0 N–H and O–H groups in total. The average molecular weight is 471 g/mol. The van der Waals surface area contributed by atoms with E-state index in [1.54, 1.807) is 6.92 Å². The van der Waals surface area contributed by atoms with Crippen LogP contribution in [0.15, 0.2) is 0 Å². The van der Waals surface area contributed by atoms with Crippen molar-refractivity contribution >= 4 is 20.1 Å². The van der Waals surface area contributed by atoms with Crippen molar-refractivity contribution in [1.82, 2.24) is 0 Å². The summed E-state index contributed by atoms with van der Waals surface area (Å²) >= 11 is 0. The Balaban J connectivity index is 4.68. The zero-order chi connectivity index (χ0) is 24.3. The minimum Gasteiger partial charge on any atom is -0.464 e. The van der Waals surface area contributed by atoms with Gasteiger partial charge >= 0.3 is 5.97 Å². The lowest BCUT2D eigenvalue weighted by atomic mass is 9.88. The van der Waals surface area contributed by atoms with E-state index in [9.17, 15) is 9.59 Å². The summed E-state index contributed by atoms with van der Waals surface area (Å²) in [7, 11) is -2.12. The molecule has 0 bridgehead atoms. The number of ketones is 1. The summed E-state index contributed by atoms with van der Waals surface area (Å²) in [6.07, 6.45) is 18.6. The summed E-state index contributed by atoms with van der Waals surface area (Å²) in [5.74, 6) is -0.530. The normalized spacial score (nSPS) is 13.7. The molecule has 0 aliphatic carbocycles. The molecule has 1 atom stereocenters. The topological polar surface area (TPSA) is 52.6 Å². The molecule has 4 nitrogen and oxygen atoms in total. The highest BCUT2D eigenvalue weighted by atomic mass is 28.4. The number of carbonyl (C=O) groups excluding carboxylic acids is 2. The molecule has 0 rings (SSSR count). The second-order valence-corrected chi connectivity index (χ2v) is 14.7. The van der Waals surface area contributed by atoms with Gasteiger partial charge in [0, 0.05) is 6.42 Å². The summed E-state index contributed by atoms with van der Waals surface area (Å²) in [4.78, 5) is 26.4. The predicted molar refractivity (Wildman–Crippen MR) is 139 cm³/mol. The first-order valence-corrected chi connectivity index (χ1v) is 17.0. The van der Waals surface area contributed by atoms with Crippen LogP contribution in [0, 0.1) is 0 Å². The molecule has 32 heavy (non-hydrogen) atoms. The fourth-order valence-corrected chi connectivity index (χ4v) is 5.57. The highest BCUT2D eigenvalue weighted by Gasteiger charge is 2.49. The molecule has 0 radical (unpaired) electrons. The number of ether oxygens (including phenoxy) is 1. The molecular weight excluding hydrogens is 416 g/mol. The SMILES string of the molecule is CCCCCCCCCCCCCC(=O)C(CCCCCC)(O[Si](C)(C)C)C(=O)OCC. The van der Waals surface area contributed by atoms with Gasteiger partial charge in [0.15, 0.2) is 14.1 Å². The van der Waals surface area contributed by atoms with Crippen molar-refractivity contribution in [2.24, 2.45) is 0 Å². The Hall–Kier alpha value is -0.683. The van der Waals surface area contributed by atoms with Crippen molar-refractivity contribution in [2.75, 3.05) is 6.61 Å². The van der Waals surface area contributed by atoms with Gasteiger partial charge in [-0.05, 0) is 45.8 Å². The molecule has 0 fully saturated rings. The first-order chi connectivity index (χ1) is 15.2. The van der Waals surface area contributed by atoms with Gasteiger partial charge in [-0.2, -0.15) is 0 Å². The number of rotatable bonds is 22. The third-order valence-electron chi connectivity index (χ3n) is 5.93. The van der Waals surface area contributed by atoms with Crippen LogP contribution in [0.2, 0.25) is 19.6 Å². The number of esters is 1. The van der Waals surface area contributed by atoms with Gasteiger partial charge in [0.25, 0.3) is 0 Å². The molecule has 5 heteroatoms. The second-order valence-electron chi connectivity index (χ2n) is 10.3. The maximum absolute atomic E-state index is 13.4. The molecule has 0 saturated heterocycles. The summed E-state index contributed by atoms with van der Waals surface area (Å²) in [6, 6.07) is 0. The quantitative estimate of drug-likeness (QED) is 0.0690. The lowest BCUT2D eigenvalue weighted by molar-refractivity contribution is -0.169. The Labute approximate surface area is 200 Å². The molecule has 0 spiro atoms. The fourth-order valence-electron chi connectivity index (χ4n) is 4.23. The standard InChI is InChI=1S/C27H54O4Si/c1-7-10-12-14-15-16-17-18-19-20-21-23-25(28)27(26(29)30-9-3,31-32(4,5)6)24-22-13-11-8-2/h7-24H2,1-6H3. The van der Waals surface area contributed by atoms with Crippen LogP contribution in [-0.2, 0) is 18.8 Å². The van der Waals surface area contributed by atoms with E-state index in [1.165, 1.54) is 57.8 Å². The number of Topliss-reactive ketones (excluding diaryl/α,β-unsaturated/α-hetero) is 1. The Morgan fingerprint density at radius 2 is 1.09 bits per heavy atom. The van der Waals surface area contributed by atoms with Crippen molar-refractivity contribution in [3.05, 3.63) is 0 Å². The Bertz CT molecular complexity index is 487. The van der Waals surface area contributed by atoms with Crippen LogP contribution in [0.5, 0.6) is 0 Å². The highest BCUT2D eigenvalue weighted by Crippen LogP contribution is 2.30. The Morgan fingerprint density at radius 1 is 0.656 bits per heavy atom. The summed E-state index contributed by atoms with van der Waals surface area (Å²) < 4.78 is 11.7. The summed E-state index contributed by atoms with van der Waals surface area (Å²) in [5.41, 5.74) is -1.40. The van der Waals surface area contributed by atoms with Crippen LogP contribution in [0.25, 0.3) is 0 Å². The van der Waals surface area contributed by atoms with Crippen LogP contribution in [-0.4, -0.2) is 32.3 Å². The monoisotopic (exact) mass is 470 g/mol. The first kappa shape index (κ1) is 31.3. The Morgan fingerprint density at radius 3 is 1.53 bits per heavy atom. The predicted octanol–water partition coefficient (Wildman–Crippen LogP) is 8.38. The molecule has 0 heterocycles. The number of hydrogen-bond donors (Lipinski definition) is 0. The van der Waals surface area contributed by atoms with Gasteiger partial charge in [0.1, 0.15) is 0 Å². The van der Waals surface area contributed by atoms with Crippen molar-refractivity contribution < 1.29 is 18.8 Å². The number of hydrogen-bond acceptors (Lipinski definition) is 4. The van der Waals surface area contributed by atoms with Crippen LogP contribution in [0.1, 0.15) is 130 Å². The average Bonchev–Trinajstić information content (AvgIpc) is 2.73. The van der Waals surface area contributed by atoms with Gasteiger partial charge in [-0.3, -0.25) is 4.79 Å². The zero-order valence-corrected chi connectivity index (χ0v) is 23.4. The van der Waals surface area contributed by atoms with Crippen LogP contribution >= 0.6 is 0 Å². The van der Waals surface area contributed by atoms with Crippen LogP contribution in [0.3, 0.4) is 0 Å². The molecule has 0 amide bonds. The van der Waals surface area contributed by atoms with E-state index in [1.807, 2.05) is 19.6 Å². The summed E-state index contributed by atoms with van der Waals surface area (Å²) in [6.45, 7) is 12.6. The van der Waals surface area contributed by atoms with Gasteiger partial charge in [-0.1, -0.05) is 97.3 Å². The minimum atomic E-state index is -2.12. The van der Waals surface area contributed by atoms with Gasteiger partial charge in [0.05, 0.1) is 6.61 Å². The molecule has 1 unspecified atom stereocenters. The molecule has 0 aliphatic rings. The van der Waals surface area contributed by atoms with Crippen molar-refractivity contribution in [2.45, 2.75) is 155 Å². The van der Waals surface area contributed by atoms with E-state index in [2.05, 4.69) is 13.8 Å². The van der Waals surface area contributed by atoms with E-state index in [-0.39, 0.29) is 12.4 Å². The molecular formula is C27H54O4Si. The smallest absolute Gasteiger partial charge is 0.345 e. The number of unbranched alkanes of at least 4 members (excludes halogenated alkanes) is 13. The molecule has 190 valence electrons. The Kier molecular flexibility index (Phi) is 18.3. The van der Waals surface area contributed by atoms with Crippen molar-refractivity contribution in [3.8, 4) is 0 Å². The van der Waals surface area contributed by atoms with Gasteiger partial charge in [-0.15, -0.1) is 0 Å². The van der Waals surface area contributed by atoms with Crippen molar-refractivity contribution in [1.29, 1.82) is 0 Å². The molecule has 0 aromatic heterocycles. The molecule has 0 aliphatic heterocycles. The molecule has 0 aromatic rings. The van der Waals surface area contributed by atoms with Gasteiger partial charge < -0.3 is 9.16 Å². The van der Waals surface area contributed by atoms with Crippen LogP contribution in [0.4, 0.5) is 0 Å². The van der Waals surface area contributed by atoms with E-state index < -0.39 is 19.9 Å². The number of carbonyl (C=O) groups is 2. The maximum atomic E-state index is 13.4. The zero-order valence-electron chi connectivity index (χ0n) is 22.4. The third-order valence-corrected chi connectivity index (χ3v) is 6.89. The van der Waals surface area contributed by atoms with E-state index >= 15 is 0 Å².